The summed E-state index contributed by atoms with van der Waals surface area (Å²) in [5.41, 5.74) is 2.60. The zero-order valence-corrected chi connectivity index (χ0v) is 15.3. The summed E-state index contributed by atoms with van der Waals surface area (Å²) in [6.45, 7) is 3.49. The number of fused-ring (bicyclic) bond motifs is 1. The van der Waals surface area contributed by atoms with Crippen LogP contribution in [0.3, 0.4) is 0 Å². The van der Waals surface area contributed by atoms with Crippen LogP contribution in [-0.2, 0) is 11.8 Å². The number of para-hydroxylation sites is 1. The molecule has 1 fully saturated rings. The molecule has 0 aliphatic carbocycles. The number of hydrogen-bond donors (Lipinski definition) is 1. The molecule has 0 unspecified atom stereocenters. The van der Waals surface area contributed by atoms with E-state index >= 15 is 0 Å². The Morgan fingerprint density at radius 3 is 2.85 bits per heavy atom. The molecule has 2 aromatic rings. The molecule has 1 amide bonds. The Hall–Kier alpha value is -2.34. The molecule has 1 N–H and O–H groups in total. The average molecular weight is 355 g/mol. The second kappa shape index (κ2) is 7.11. The molecular formula is C20H25N3O3. The van der Waals surface area contributed by atoms with Gasteiger partial charge in [0.2, 0.25) is 0 Å². The van der Waals surface area contributed by atoms with E-state index in [0.29, 0.717) is 5.56 Å². The molecule has 1 aromatic heterocycles. The maximum atomic E-state index is 13.1. The van der Waals surface area contributed by atoms with Crippen LogP contribution in [0.25, 0.3) is 0 Å². The Morgan fingerprint density at radius 2 is 2.04 bits per heavy atom. The summed E-state index contributed by atoms with van der Waals surface area (Å²) in [5.74, 6) is 1.08. The van der Waals surface area contributed by atoms with E-state index in [9.17, 15) is 4.79 Å². The van der Waals surface area contributed by atoms with Crippen molar-refractivity contribution in [3.63, 3.8) is 0 Å². The van der Waals surface area contributed by atoms with Gasteiger partial charge in [0.05, 0.1) is 23.4 Å². The van der Waals surface area contributed by atoms with Crippen LogP contribution in [0.1, 0.15) is 59.8 Å². The third kappa shape index (κ3) is 3.33. The van der Waals surface area contributed by atoms with Gasteiger partial charge in [0.15, 0.2) is 0 Å². The molecule has 1 saturated heterocycles. The number of rotatable bonds is 3. The van der Waals surface area contributed by atoms with Gasteiger partial charge in [-0.2, -0.15) is 5.10 Å². The van der Waals surface area contributed by atoms with E-state index in [1.165, 1.54) is 0 Å². The number of carbonyl (C=O) groups excluding carboxylic acids is 1. The van der Waals surface area contributed by atoms with Crippen molar-refractivity contribution < 1.29 is 14.3 Å². The minimum atomic E-state index is -0.0616. The SMILES string of the molecule is C[C@@H]1C[C@@H](NC(=O)c2cn(C)nc2C2CCOCC2)c2ccccc2O1. The van der Waals surface area contributed by atoms with Crippen molar-refractivity contribution in [3.05, 3.63) is 47.3 Å². The van der Waals surface area contributed by atoms with Crippen LogP contribution >= 0.6 is 0 Å². The van der Waals surface area contributed by atoms with Gasteiger partial charge in [-0.05, 0) is 25.8 Å². The zero-order valence-electron chi connectivity index (χ0n) is 15.3. The van der Waals surface area contributed by atoms with Crippen LogP contribution < -0.4 is 10.1 Å². The van der Waals surface area contributed by atoms with E-state index in [1.54, 1.807) is 4.68 Å². The first-order valence-corrected chi connectivity index (χ1v) is 9.29. The number of carbonyl (C=O) groups is 1. The van der Waals surface area contributed by atoms with Crippen molar-refractivity contribution in [2.75, 3.05) is 13.2 Å². The number of aromatic nitrogens is 2. The van der Waals surface area contributed by atoms with Gasteiger partial charge in [0.1, 0.15) is 5.75 Å². The summed E-state index contributed by atoms with van der Waals surface area (Å²) in [6.07, 6.45) is 4.48. The van der Waals surface area contributed by atoms with Crippen molar-refractivity contribution in [1.29, 1.82) is 0 Å². The highest BCUT2D eigenvalue weighted by molar-refractivity contribution is 5.95. The highest BCUT2D eigenvalue weighted by atomic mass is 16.5. The fourth-order valence-electron chi connectivity index (χ4n) is 3.93. The number of nitrogens with one attached hydrogen (secondary N) is 1. The van der Waals surface area contributed by atoms with Gasteiger partial charge in [-0.15, -0.1) is 0 Å². The van der Waals surface area contributed by atoms with E-state index in [4.69, 9.17) is 9.47 Å². The Bertz CT molecular complexity index is 795. The lowest BCUT2D eigenvalue weighted by Gasteiger charge is -2.31. The largest absolute Gasteiger partial charge is 0.490 e. The molecule has 138 valence electrons. The van der Waals surface area contributed by atoms with Gasteiger partial charge >= 0.3 is 0 Å². The Labute approximate surface area is 153 Å². The molecule has 3 heterocycles. The molecule has 6 heteroatoms. The molecule has 0 radical (unpaired) electrons. The zero-order chi connectivity index (χ0) is 18.1. The summed E-state index contributed by atoms with van der Waals surface area (Å²) < 4.78 is 13.1. The molecule has 4 rings (SSSR count). The van der Waals surface area contributed by atoms with Crippen LogP contribution in [0.4, 0.5) is 0 Å². The lowest BCUT2D eigenvalue weighted by Crippen LogP contribution is -2.35. The molecule has 2 atom stereocenters. The lowest BCUT2D eigenvalue weighted by atomic mass is 9.93. The van der Waals surface area contributed by atoms with Crippen molar-refractivity contribution >= 4 is 5.91 Å². The second-order valence-corrected chi connectivity index (χ2v) is 7.22. The molecule has 0 spiro atoms. The van der Waals surface area contributed by atoms with Crippen molar-refractivity contribution in [3.8, 4) is 5.75 Å². The van der Waals surface area contributed by atoms with Gasteiger partial charge in [-0.25, -0.2) is 0 Å². The van der Waals surface area contributed by atoms with Gasteiger partial charge in [0.25, 0.3) is 5.91 Å². The quantitative estimate of drug-likeness (QED) is 0.919. The minimum absolute atomic E-state index is 0.0507. The van der Waals surface area contributed by atoms with E-state index in [-0.39, 0.29) is 24.0 Å². The van der Waals surface area contributed by atoms with Gasteiger partial charge in [-0.3, -0.25) is 9.48 Å². The fraction of sp³-hybridized carbons (Fsp3) is 0.500. The molecule has 2 aliphatic heterocycles. The lowest BCUT2D eigenvalue weighted by molar-refractivity contribution is 0.0826. The number of benzene rings is 1. The van der Waals surface area contributed by atoms with E-state index in [0.717, 1.165) is 49.5 Å². The van der Waals surface area contributed by atoms with Gasteiger partial charge in [-0.1, -0.05) is 18.2 Å². The first-order chi connectivity index (χ1) is 12.6. The molecule has 26 heavy (non-hydrogen) atoms. The van der Waals surface area contributed by atoms with Gasteiger partial charge in [0, 0.05) is 44.4 Å². The third-order valence-electron chi connectivity index (χ3n) is 5.21. The summed E-state index contributed by atoms with van der Waals surface area (Å²) in [7, 11) is 1.87. The van der Waals surface area contributed by atoms with Crippen molar-refractivity contribution in [2.24, 2.45) is 7.05 Å². The van der Waals surface area contributed by atoms with Crippen LogP contribution in [0.5, 0.6) is 5.75 Å². The molecule has 6 nitrogen and oxygen atoms in total. The Balaban J connectivity index is 1.58. The van der Waals surface area contributed by atoms with E-state index in [1.807, 2.05) is 44.4 Å². The van der Waals surface area contributed by atoms with Crippen molar-refractivity contribution in [2.45, 2.75) is 44.2 Å². The first-order valence-electron chi connectivity index (χ1n) is 9.29. The highest BCUT2D eigenvalue weighted by Gasteiger charge is 2.30. The standard InChI is InChI=1S/C20H25N3O3/c1-13-11-17(15-5-3-4-6-18(15)26-13)21-20(24)16-12-23(2)22-19(16)14-7-9-25-10-8-14/h3-6,12-14,17H,7-11H2,1-2H3,(H,21,24)/t13-,17-/m1/s1. The van der Waals surface area contributed by atoms with Gasteiger partial charge < -0.3 is 14.8 Å². The van der Waals surface area contributed by atoms with Crippen LogP contribution in [0, 0.1) is 0 Å². The summed E-state index contributed by atoms with van der Waals surface area (Å²) in [6, 6.07) is 7.87. The maximum absolute atomic E-state index is 13.1. The number of hydrogen-bond acceptors (Lipinski definition) is 4. The maximum Gasteiger partial charge on any atom is 0.255 e. The number of nitrogens with zero attached hydrogens (tertiary/aromatic N) is 2. The molecular weight excluding hydrogens is 330 g/mol. The van der Waals surface area contributed by atoms with Crippen LogP contribution in [0.15, 0.2) is 30.5 Å². The summed E-state index contributed by atoms with van der Waals surface area (Å²) in [5, 5.41) is 7.79. The van der Waals surface area contributed by atoms with Crippen molar-refractivity contribution in [1.82, 2.24) is 15.1 Å². The average Bonchev–Trinajstić information content (AvgIpc) is 3.04. The first kappa shape index (κ1) is 17.1. The topological polar surface area (TPSA) is 65.4 Å². The van der Waals surface area contributed by atoms with Crippen LogP contribution in [-0.4, -0.2) is 35.0 Å². The summed E-state index contributed by atoms with van der Waals surface area (Å²) >= 11 is 0. The van der Waals surface area contributed by atoms with Crippen LogP contribution in [0.2, 0.25) is 0 Å². The molecule has 1 aromatic carbocycles. The number of amides is 1. The number of aryl methyl sites for hydroxylation is 1. The number of ether oxygens (including phenoxy) is 2. The molecule has 2 aliphatic rings. The Kier molecular flexibility index (Phi) is 4.68. The fourth-order valence-corrected chi connectivity index (χ4v) is 3.93. The minimum Gasteiger partial charge on any atom is -0.490 e. The normalized spacial score (nSPS) is 23.2. The molecule has 0 bridgehead atoms. The molecule has 0 saturated carbocycles. The smallest absolute Gasteiger partial charge is 0.255 e. The predicted octanol–water partition coefficient (Wildman–Crippen LogP) is 2.96. The Morgan fingerprint density at radius 1 is 1.27 bits per heavy atom. The third-order valence-corrected chi connectivity index (χ3v) is 5.21. The predicted molar refractivity (Wildman–Crippen MR) is 97.4 cm³/mol. The highest BCUT2D eigenvalue weighted by Crippen LogP contribution is 2.35. The monoisotopic (exact) mass is 355 g/mol. The summed E-state index contributed by atoms with van der Waals surface area (Å²) in [4.78, 5) is 13.1. The van der Waals surface area contributed by atoms with E-state index < -0.39 is 0 Å². The second-order valence-electron chi connectivity index (χ2n) is 7.22. The van der Waals surface area contributed by atoms with E-state index in [2.05, 4.69) is 10.4 Å².